The Bertz CT molecular complexity index is 1360. The Labute approximate surface area is 214 Å². The lowest BCUT2D eigenvalue weighted by Gasteiger charge is -2.23. The first-order valence-electron chi connectivity index (χ1n) is 12.0. The van der Waals surface area contributed by atoms with Gasteiger partial charge in [-0.05, 0) is 37.8 Å². The van der Waals surface area contributed by atoms with Gasteiger partial charge in [-0.15, -0.1) is 21.5 Å². The number of aromatic nitrogens is 4. The van der Waals surface area contributed by atoms with Crippen molar-refractivity contribution in [2.24, 2.45) is 0 Å². The topological polar surface area (TPSA) is 94.2 Å². The van der Waals surface area contributed by atoms with Crippen molar-refractivity contribution in [1.82, 2.24) is 25.1 Å². The lowest BCUT2D eigenvalue weighted by Crippen LogP contribution is -2.31. The summed E-state index contributed by atoms with van der Waals surface area (Å²) in [4.78, 5) is 24.5. The number of amides is 1. The van der Waals surface area contributed by atoms with Gasteiger partial charge in [-0.3, -0.25) is 4.79 Å². The molecule has 186 valence electrons. The average Bonchev–Trinajstić information content (AvgIpc) is 3.64. The molecule has 1 fully saturated rings. The van der Waals surface area contributed by atoms with Crippen molar-refractivity contribution in [3.63, 3.8) is 0 Å². The fourth-order valence-electron chi connectivity index (χ4n) is 4.58. The number of pyridine rings is 1. The third-order valence-electron chi connectivity index (χ3n) is 6.41. The number of methoxy groups -OCH3 is 1. The number of benzene rings is 1. The molecular weight excluding hydrogens is 474 g/mol. The van der Waals surface area contributed by atoms with Gasteiger partial charge in [0.2, 0.25) is 17.7 Å². The van der Waals surface area contributed by atoms with Crippen LogP contribution in [-0.2, 0) is 11.8 Å². The molecule has 1 unspecified atom stereocenters. The molecule has 0 bridgehead atoms. The summed E-state index contributed by atoms with van der Waals surface area (Å²) >= 11 is 1.59. The minimum absolute atomic E-state index is 0.0403. The van der Waals surface area contributed by atoms with Crippen molar-refractivity contribution in [3.05, 3.63) is 75.7 Å². The smallest absolute Gasteiger partial charge is 0.273 e. The van der Waals surface area contributed by atoms with Gasteiger partial charge in [0.25, 0.3) is 5.91 Å². The van der Waals surface area contributed by atoms with Gasteiger partial charge in [0, 0.05) is 34.7 Å². The molecule has 1 saturated heterocycles. The molecule has 5 rings (SSSR count). The second-order valence-corrected chi connectivity index (χ2v) is 10.6. The number of aryl methyl sites for hydroxylation is 1. The summed E-state index contributed by atoms with van der Waals surface area (Å²) in [5.74, 6) is 1.02. The van der Waals surface area contributed by atoms with E-state index in [2.05, 4.69) is 46.1 Å². The molecule has 36 heavy (non-hydrogen) atoms. The summed E-state index contributed by atoms with van der Waals surface area (Å²) in [6.45, 7) is 6.78. The molecule has 0 radical (unpaired) electrons. The summed E-state index contributed by atoms with van der Waals surface area (Å²) in [5.41, 5.74) is 2.68. The number of hydrogen-bond donors (Lipinski definition) is 0. The van der Waals surface area contributed by atoms with Crippen LogP contribution in [0.1, 0.15) is 65.4 Å². The Morgan fingerprint density at radius 1 is 1.19 bits per heavy atom. The van der Waals surface area contributed by atoms with E-state index in [-0.39, 0.29) is 23.1 Å². The SMILES string of the molecule is COc1cc(-c2nnc(C(C)(C)Cc3ccccc3)o2)cc(C(=O)N2CCCC2c2nc(C)cs2)n1. The highest BCUT2D eigenvalue weighted by molar-refractivity contribution is 7.09. The van der Waals surface area contributed by atoms with Crippen LogP contribution in [0.5, 0.6) is 5.88 Å². The predicted molar refractivity (Wildman–Crippen MR) is 137 cm³/mol. The van der Waals surface area contributed by atoms with E-state index in [0.717, 1.165) is 30.0 Å². The van der Waals surface area contributed by atoms with Crippen LogP contribution in [0.25, 0.3) is 11.5 Å². The summed E-state index contributed by atoms with van der Waals surface area (Å²) in [6.07, 6.45) is 2.57. The first-order chi connectivity index (χ1) is 17.3. The molecule has 4 heterocycles. The van der Waals surface area contributed by atoms with E-state index in [4.69, 9.17) is 9.15 Å². The lowest BCUT2D eigenvalue weighted by molar-refractivity contribution is 0.0728. The highest BCUT2D eigenvalue weighted by Crippen LogP contribution is 2.36. The molecule has 1 aliphatic heterocycles. The van der Waals surface area contributed by atoms with E-state index in [9.17, 15) is 4.79 Å². The number of ether oxygens (including phenoxy) is 1. The molecule has 1 aromatic carbocycles. The van der Waals surface area contributed by atoms with Crippen molar-refractivity contribution in [3.8, 4) is 17.3 Å². The number of hydrogen-bond acceptors (Lipinski definition) is 8. The molecular formula is C27H29N5O3S. The maximum Gasteiger partial charge on any atom is 0.273 e. The zero-order chi connectivity index (χ0) is 25.3. The van der Waals surface area contributed by atoms with Crippen LogP contribution in [0.2, 0.25) is 0 Å². The minimum atomic E-state index is -0.364. The van der Waals surface area contributed by atoms with Gasteiger partial charge in [0.1, 0.15) is 10.7 Å². The first kappa shape index (κ1) is 24.1. The predicted octanol–water partition coefficient (Wildman–Crippen LogP) is 5.40. The van der Waals surface area contributed by atoms with Gasteiger partial charge in [-0.25, -0.2) is 9.97 Å². The molecule has 1 aliphatic rings. The van der Waals surface area contributed by atoms with Crippen molar-refractivity contribution in [2.45, 2.75) is 51.5 Å². The summed E-state index contributed by atoms with van der Waals surface area (Å²) in [5, 5.41) is 11.6. The zero-order valence-corrected chi connectivity index (χ0v) is 21.7. The number of likely N-dealkylation sites (tertiary alicyclic amines) is 1. The maximum atomic E-state index is 13.6. The Morgan fingerprint density at radius 3 is 2.72 bits per heavy atom. The van der Waals surface area contributed by atoms with Crippen molar-refractivity contribution >= 4 is 17.2 Å². The average molecular weight is 504 g/mol. The lowest BCUT2D eigenvalue weighted by atomic mass is 9.86. The van der Waals surface area contributed by atoms with Crippen molar-refractivity contribution < 1.29 is 13.9 Å². The Kier molecular flexibility index (Phi) is 6.57. The fraction of sp³-hybridized carbons (Fsp3) is 0.370. The highest BCUT2D eigenvalue weighted by atomic mass is 32.1. The second kappa shape index (κ2) is 9.81. The third kappa shape index (κ3) is 4.88. The van der Waals surface area contributed by atoms with Gasteiger partial charge >= 0.3 is 0 Å². The van der Waals surface area contributed by atoms with Crippen LogP contribution >= 0.6 is 11.3 Å². The van der Waals surface area contributed by atoms with E-state index < -0.39 is 0 Å². The Hall–Kier alpha value is -3.59. The zero-order valence-electron chi connectivity index (χ0n) is 20.9. The van der Waals surface area contributed by atoms with Gasteiger partial charge in [-0.2, -0.15) is 0 Å². The van der Waals surface area contributed by atoms with Crippen LogP contribution in [0.4, 0.5) is 0 Å². The van der Waals surface area contributed by atoms with E-state index in [1.165, 1.54) is 12.7 Å². The second-order valence-electron chi connectivity index (χ2n) is 9.73. The third-order valence-corrected chi connectivity index (χ3v) is 7.47. The van der Waals surface area contributed by atoms with Crippen LogP contribution in [0, 0.1) is 6.92 Å². The van der Waals surface area contributed by atoms with Gasteiger partial charge in [0.15, 0.2) is 0 Å². The minimum Gasteiger partial charge on any atom is -0.481 e. The van der Waals surface area contributed by atoms with E-state index >= 15 is 0 Å². The van der Waals surface area contributed by atoms with Crippen molar-refractivity contribution in [2.75, 3.05) is 13.7 Å². The van der Waals surface area contributed by atoms with Gasteiger partial charge in [-0.1, -0.05) is 44.2 Å². The molecule has 8 nitrogen and oxygen atoms in total. The molecule has 0 saturated carbocycles. The molecule has 3 aromatic heterocycles. The normalized spacial score (nSPS) is 15.9. The number of carbonyl (C=O) groups excluding carboxylic acids is 1. The van der Waals surface area contributed by atoms with E-state index in [1.54, 1.807) is 23.5 Å². The van der Waals surface area contributed by atoms with Crippen LogP contribution in [-0.4, -0.2) is 44.6 Å². The Balaban J connectivity index is 1.42. The van der Waals surface area contributed by atoms with Crippen LogP contribution < -0.4 is 4.74 Å². The molecule has 0 N–H and O–H groups in total. The van der Waals surface area contributed by atoms with Gasteiger partial charge < -0.3 is 14.1 Å². The number of carbonyl (C=O) groups is 1. The monoisotopic (exact) mass is 503 g/mol. The van der Waals surface area contributed by atoms with Gasteiger partial charge in [0.05, 0.1) is 13.2 Å². The largest absolute Gasteiger partial charge is 0.481 e. The number of rotatable bonds is 7. The molecule has 0 aliphatic carbocycles. The Morgan fingerprint density at radius 2 is 2.00 bits per heavy atom. The maximum absolute atomic E-state index is 13.6. The quantitative estimate of drug-likeness (QED) is 0.333. The number of nitrogens with zero attached hydrogens (tertiary/aromatic N) is 5. The molecule has 9 heteroatoms. The number of thiazole rings is 1. The fourth-order valence-corrected chi connectivity index (χ4v) is 5.52. The molecule has 0 spiro atoms. The van der Waals surface area contributed by atoms with Crippen LogP contribution in [0.3, 0.4) is 0 Å². The first-order valence-corrected chi connectivity index (χ1v) is 12.9. The summed E-state index contributed by atoms with van der Waals surface area (Å²) < 4.78 is 11.5. The summed E-state index contributed by atoms with van der Waals surface area (Å²) in [7, 11) is 1.53. The summed E-state index contributed by atoms with van der Waals surface area (Å²) in [6, 6.07) is 13.6. The van der Waals surface area contributed by atoms with Crippen molar-refractivity contribution in [1.29, 1.82) is 0 Å². The molecule has 1 atom stereocenters. The van der Waals surface area contributed by atoms with Crippen LogP contribution in [0.15, 0.2) is 52.3 Å². The molecule has 4 aromatic rings. The highest BCUT2D eigenvalue weighted by Gasteiger charge is 2.34. The van der Waals surface area contributed by atoms with E-state index in [1.807, 2.05) is 35.4 Å². The molecule has 1 amide bonds. The standard InChI is InChI=1S/C27H29N5O3S/c1-17-16-36-24(28-17)21-11-8-12-32(21)25(33)20-13-19(14-22(29-20)34-4)23-30-31-26(35-23)27(2,3)15-18-9-6-5-7-10-18/h5-7,9-10,13-14,16,21H,8,11-12,15H2,1-4H3. The van der Waals surface area contributed by atoms with E-state index in [0.29, 0.717) is 29.8 Å².